The summed E-state index contributed by atoms with van der Waals surface area (Å²) >= 11 is 3.36. The molecule has 0 fully saturated rings. The van der Waals surface area contributed by atoms with Crippen LogP contribution in [0, 0.1) is 5.92 Å². The van der Waals surface area contributed by atoms with Gasteiger partial charge in [0.2, 0.25) is 5.91 Å². The minimum atomic E-state index is -0.00957. The van der Waals surface area contributed by atoms with E-state index < -0.39 is 0 Å². The van der Waals surface area contributed by atoms with E-state index in [-0.39, 0.29) is 10.7 Å². The first-order valence-corrected chi connectivity index (χ1v) is 5.79. The molecule has 0 rings (SSSR count). The quantitative estimate of drug-likeness (QED) is 0.687. The third kappa shape index (κ3) is 5.29. The standard InChI is InChI=1S/C10H20BrNO/c1-5-9(11)10(13)12(4)7-6-8(2)3/h8-9H,5-7H2,1-4H3. The van der Waals surface area contributed by atoms with Crippen LogP contribution in [0.5, 0.6) is 0 Å². The van der Waals surface area contributed by atoms with Crippen molar-refractivity contribution in [3.8, 4) is 0 Å². The summed E-state index contributed by atoms with van der Waals surface area (Å²) in [6, 6.07) is 0. The van der Waals surface area contributed by atoms with E-state index in [0.29, 0.717) is 5.92 Å². The van der Waals surface area contributed by atoms with E-state index in [2.05, 4.69) is 29.8 Å². The number of halogens is 1. The number of hydrogen-bond donors (Lipinski definition) is 0. The second-order valence-corrected chi connectivity index (χ2v) is 4.92. The topological polar surface area (TPSA) is 20.3 Å². The molecule has 1 unspecified atom stereocenters. The molecule has 0 aliphatic rings. The SMILES string of the molecule is CCC(Br)C(=O)N(C)CCC(C)C. The average Bonchev–Trinajstić information content (AvgIpc) is 2.11. The van der Waals surface area contributed by atoms with Gasteiger partial charge in [-0.25, -0.2) is 0 Å². The molecule has 0 aromatic heterocycles. The molecule has 0 saturated heterocycles. The van der Waals surface area contributed by atoms with Crippen LogP contribution in [-0.2, 0) is 4.79 Å². The van der Waals surface area contributed by atoms with Gasteiger partial charge in [0.05, 0.1) is 4.83 Å². The number of carbonyl (C=O) groups excluding carboxylic acids is 1. The minimum Gasteiger partial charge on any atom is -0.345 e. The normalized spacial score (nSPS) is 13.1. The van der Waals surface area contributed by atoms with Gasteiger partial charge in [-0.2, -0.15) is 0 Å². The molecule has 13 heavy (non-hydrogen) atoms. The Labute approximate surface area is 89.8 Å². The maximum absolute atomic E-state index is 11.6. The summed E-state index contributed by atoms with van der Waals surface area (Å²) < 4.78 is 0. The van der Waals surface area contributed by atoms with Crippen molar-refractivity contribution in [2.75, 3.05) is 13.6 Å². The monoisotopic (exact) mass is 249 g/mol. The van der Waals surface area contributed by atoms with Crippen molar-refractivity contribution < 1.29 is 4.79 Å². The number of carbonyl (C=O) groups is 1. The molecule has 0 aliphatic heterocycles. The Morgan fingerprint density at radius 3 is 2.38 bits per heavy atom. The molecule has 0 saturated carbocycles. The Balaban J connectivity index is 3.82. The predicted molar refractivity (Wildman–Crippen MR) is 60.1 cm³/mol. The van der Waals surface area contributed by atoms with E-state index in [1.807, 2.05) is 18.9 Å². The lowest BCUT2D eigenvalue weighted by atomic mass is 10.1. The van der Waals surface area contributed by atoms with Gasteiger partial charge < -0.3 is 4.90 Å². The molecule has 1 atom stereocenters. The van der Waals surface area contributed by atoms with E-state index >= 15 is 0 Å². The molecule has 0 N–H and O–H groups in total. The van der Waals surface area contributed by atoms with Crippen molar-refractivity contribution in [3.05, 3.63) is 0 Å². The summed E-state index contributed by atoms with van der Waals surface area (Å²) in [7, 11) is 1.87. The fourth-order valence-electron chi connectivity index (χ4n) is 0.976. The highest BCUT2D eigenvalue weighted by atomic mass is 79.9. The van der Waals surface area contributed by atoms with E-state index in [4.69, 9.17) is 0 Å². The van der Waals surface area contributed by atoms with Crippen LogP contribution < -0.4 is 0 Å². The molecule has 0 spiro atoms. The summed E-state index contributed by atoms with van der Waals surface area (Å²) in [5.41, 5.74) is 0. The van der Waals surface area contributed by atoms with E-state index in [0.717, 1.165) is 19.4 Å². The van der Waals surface area contributed by atoms with Gasteiger partial charge in [-0.15, -0.1) is 0 Å². The number of alkyl halides is 1. The van der Waals surface area contributed by atoms with Gasteiger partial charge >= 0.3 is 0 Å². The Kier molecular flexibility index (Phi) is 6.39. The second-order valence-electron chi connectivity index (χ2n) is 3.82. The second kappa shape index (κ2) is 6.41. The average molecular weight is 250 g/mol. The van der Waals surface area contributed by atoms with Crippen LogP contribution in [-0.4, -0.2) is 29.2 Å². The van der Waals surface area contributed by atoms with Crippen LogP contribution in [0.15, 0.2) is 0 Å². The summed E-state index contributed by atoms with van der Waals surface area (Å²) in [4.78, 5) is 13.4. The zero-order valence-electron chi connectivity index (χ0n) is 9.01. The van der Waals surface area contributed by atoms with Crippen LogP contribution in [0.2, 0.25) is 0 Å². The Morgan fingerprint density at radius 1 is 1.46 bits per heavy atom. The lowest BCUT2D eigenvalue weighted by Crippen LogP contribution is -2.34. The van der Waals surface area contributed by atoms with Crippen LogP contribution >= 0.6 is 15.9 Å². The Morgan fingerprint density at radius 2 is 2.00 bits per heavy atom. The molecule has 2 nitrogen and oxygen atoms in total. The van der Waals surface area contributed by atoms with Gasteiger partial charge in [-0.1, -0.05) is 36.7 Å². The van der Waals surface area contributed by atoms with Gasteiger partial charge in [-0.3, -0.25) is 4.79 Å². The predicted octanol–water partition coefficient (Wildman–Crippen LogP) is 2.66. The largest absolute Gasteiger partial charge is 0.345 e. The van der Waals surface area contributed by atoms with Crippen molar-refractivity contribution in [1.82, 2.24) is 4.90 Å². The number of hydrogen-bond acceptors (Lipinski definition) is 1. The number of nitrogens with zero attached hydrogens (tertiary/aromatic N) is 1. The third-order valence-electron chi connectivity index (χ3n) is 2.04. The molecule has 0 aromatic carbocycles. The molecule has 1 amide bonds. The van der Waals surface area contributed by atoms with Crippen LogP contribution in [0.4, 0.5) is 0 Å². The minimum absolute atomic E-state index is 0.00957. The van der Waals surface area contributed by atoms with E-state index in [9.17, 15) is 4.79 Å². The smallest absolute Gasteiger partial charge is 0.236 e. The molecule has 0 radical (unpaired) electrons. The first-order chi connectivity index (χ1) is 5.99. The molecular weight excluding hydrogens is 230 g/mol. The first kappa shape index (κ1) is 12.9. The summed E-state index contributed by atoms with van der Waals surface area (Å²) in [5, 5.41) is 0. The molecule has 0 heterocycles. The van der Waals surface area contributed by atoms with Crippen molar-refractivity contribution >= 4 is 21.8 Å². The van der Waals surface area contributed by atoms with Crippen molar-refractivity contribution in [1.29, 1.82) is 0 Å². The first-order valence-electron chi connectivity index (χ1n) is 4.88. The van der Waals surface area contributed by atoms with Crippen LogP contribution in [0.25, 0.3) is 0 Å². The number of amides is 1. The zero-order valence-corrected chi connectivity index (χ0v) is 10.6. The van der Waals surface area contributed by atoms with Crippen molar-refractivity contribution in [2.24, 2.45) is 5.92 Å². The molecule has 0 aliphatic carbocycles. The third-order valence-corrected chi connectivity index (χ3v) is 3.08. The van der Waals surface area contributed by atoms with Gasteiger partial charge in [0, 0.05) is 13.6 Å². The number of rotatable bonds is 5. The van der Waals surface area contributed by atoms with Gasteiger partial charge in [0.25, 0.3) is 0 Å². The summed E-state index contributed by atoms with van der Waals surface area (Å²) in [6.07, 6.45) is 1.93. The van der Waals surface area contributed by atoms with E-state index in [1.54, 1.807) is 0 Å². The summed E-state index contributed by atoms with van der Waals surface area (Å²) in [6.45, 7) is 7.21. The molecular formula is C10H20BrNO. The van der Waals surface area contributed by atoms with Crippen molar-refractivity contribution in [2.45, 2.75) is 38.4 Å². The van der Waals surface area contributed by atoms with E-state index in [1.165, 1.54) is 0 Å². The molecule has 78 valence electrons. The molecule has 0 bridgehead atoms. The van der Waals surface area contributed by atoms with Gasteiger partial charge in [0.1, 0.15) is 0 Å². The van der Waals surface area contributed by atoms with Crippen LogP contribution in [0.1, 0.15) is 33.6 Å². The zero-order chi connectivity index (χ0) is 10.4. The Hall–Kier alpha value is -0.0500. The molecule has 0 aromatic rings. The molecule has 3 heteroatoms. The highest BCUT2D eigenvalue weighted by Crippen LogP contribution is 2.09. The lowest BCUT2D eigenvalue weighted by molar-refractivity contribution is -0.129. The van der Waals surface area contributed by atoms with Gasteiger partial charge in [0.15, 0.2) is 0 Å². The highest BCUT2D eigenvalue weighted by molar-refractivity contribution is 9.10. The fraction of sp³-hybridized carbons (Fsp3) is 0.900. The highest BCUT2D eigenvalue weighted by Gasteiger charge is 2.16. The van der Waals surface area contributed by atoms with Crippen molar-refractivity contribution in [3.63, 3.8) is 0 Å². The fourth-order valence-corrected chi connectivity index (χ4v) is 1.33. The van der Waals surface area contributed by atoms with Crippen LogP contribution in [0.3, 0.4) is 0 Å². The summed E-state index contributed by atoms with van der Waals surface area (Å²) in [5.74, 6) is 0.855. The maximum Gasteiger partial charge on any atom is 0.236 e. The van der Waals surface area contributed by atoms with Gasteiger partial charge in [-0.05, 0) is 18.8 Å². The maximum atomic E-state index is 11.6. The lowest BCUT2D eigenvalue weighted by Gasteiger charge is -2.20. The Bertz CT molecular complexity index is 159.